The monoisotopic (exact) mass is 337 g/mol. The highest BCUT2D eigenvalue weighted by molar-refractivity contribution is 5.94. The molecule has 3 heterocycles. The fraction of sp³-hybridized carbons (Fsp3) is 0.333. The summed E-state index contributed by atoms with van der Waals surface area (Å²) in [5.41, 5.74) is 0.547. The molecule has 1 aliphatic rings. The first kappa shape index (κ1) is 15.6. The van der Waals surface area contributed by atoms with E-state index in [9.17, 15) is 4.79 Å². The van der Waals surface area contributed by atoms with Crippen molar-refractivity contribution < 1.29 is 9.21 Å². The maximum Gasteiger partial charge on any atom is 0.254 e. The average molecular weight is 337 g/mol. The van der Waals surface area contributed by atoms with E-state index in [0.717, 1.165) is 11.5 Å². The van der Waals surface area contributed by atoms with Gasteiger partial charge in [-0.15, -0.1) is 0 Å². The van der Waals surface area contributed by atoms with Crippen molar-refractivity contribution in [1.82, 2.24) is 24.6 Å². The fourth-order valence-electron chi connectivity index (χ4n) is 2.93. The number of rotatable bonds is 5. The smallest absolute Gasteiger partial charge is 0.254 e. The molecule has 3 aromatic heterocycles. The number of hydrogen-bond donors (Lipinski definition) is 0. The van der Waals surface area contributed by atoms with E-state index < -0.39 is 0 Å². The lowest BCUT2D eigenvalue weighted by atomic mass is 10.2. The molecule has 0 bridgehead atoms. The zero-order valence-corrected chi connectivity index (χ0v) is 14.2. The van der Waals surface area contributed by atoms with Gasteiger partial charge in [-0.2, -0.15) is 5.10 Å². The van der Waals surface area contributed by atoms with Crippen LogP contribution in [0.5, 0.6) is 0 Å². The molecule has 1 saturated carbocycles. The minimum atomic E-state index is -0.0958. The highest BCUT2D eigenvalue weighted by atomic mass is 16.3. The Bertz CT molecular complexity index is 887. The molecule has 0 N–H and O–H groups in total. The van der Waals surface area contributed by atoms with Gasteiger partial charge in [0.2, 0.25) is 0 Å². The Morgan fingerprint density at radius 3 is 2.96 bits per heavy atom. The van der Waals surface area contributed by atoms with Gasteiger partial charge in [0.25, 0.3) is 5.91 Å². The van der Waals surface area contributed by atoms with Gasteiger partial charge >= 0.3 is 0 Å². The lowest BCUT2D eigenvalue weighted by molar-refractivity contribution is 0.0774. The van der Waals surface area contributed by atoms with Gasteiger partial charge in [0.05, 0.1) is 6.54 Å². The Kier molecular flexibility index (Phi) is 3.83. The predicted molar refractivity (Wildman–Crippen MR) is 90.2 cm³/mol. The molecule has 3 aromatic rings. The summed E-state index contributed by atoms with van der Waals surface area (Å²) in [4.78, 5) is 22.4. The Labute approximate surface area is 145 Å². The molecule has 0 spiro atoms. The first-order valence-electron chi connectivity index (χ1n) is 8.27. The number of furan rings is 1. The summed E-state index contributed by atoms with van der Waals surface area (Å²) in [6, 6.07) is 7.38. The largest absolute Gasteiger partial charge is 0.464 e. The van der Waals surface area contributed by atoms with Crippen molar-refractivity contribution in [2.24, 2.45) is 5.92 Å². The third kappa shape index (κ3) is 3.17. The van der Waals surface area contributed by atoms with Crippen molar-refractivity contribution in [2.75, 3.05) is 7.05 Å². The van der Waals surface area contributed by atoms with Crippen LogP contribution in [-0.2, 0) is 6.54 Å². The van der Waals surface area contributed by atoms with Crippen LogP contribution in [0.2, 0.25) is 0 Å². The van der Waals surface area contributed by atoms with Crippen molar-refractivity contribution in [1.29, 1.82) is 0 Å². The predicted octanol–water partition coefficient (Wildman–Crippen LogP) is 2.65. The molecule has 0 unspecified atom stereocenters. The Morgan fingerprint density at radius 1 is 1.40 bits per heavy atom. The van der Waals surface area contributed by atoms with Crippen molar-refractivity contribution in [3.63, 3.8) is 0 Å². The highest BCUT2D eigenvalue weighted by Crippen LogP contribution is 2.47. The van der Waals surface area contributed by atoms with Gasteiger partial charge < -0.3 is 9.32 Å². The van der Waals surface area contributed by atoms with E-state index in [0.29, 0.717) is 29.8 Å². The van der Waals surface area contributed by atoms with E-state index in [1.54, 1.807) is 36.6 Å². The van der Waals surface area contributed by atoms with Crippen molar-refractivity contribution in [2.45, 2.75) is 25.8 Å². The molecule has 4 rings (SSSR count). The summed E-state index contributed by atoms with van der Waals surface area (Å²) in [6.07, 6.45) is 5.75. The third-order valence-electron chi connectivity index (χ3n) is 4.54. The van der Waals surface area contributed by atoms with Gasteiger partial charge in [0.1, 0.15) is 24.2 Å². The first-order valence-corrected chi connectivity index (χ1v) is 8.27. The minimum absolute atomic E-state index is 0.0958. The quantitative estimate of drug-likeness (QED) is 0.715. The Morgan fingerprint density at radius 2 is 2.24 bits per heavy atom. The maximum atomic E-state index is 12.7. The number of amides is 1. The summed E-state index contributed by atoms with van der Waals surface area (Å²) in [7, 11) is 1.76. The van der Waals surface area contributed by atoms with Gasteiger partial charge in [-0.05, 0) is 36.6 Å². The van der Waals surface area contributed by atoms with Gasteiger partial charge in [-0.1, -0.05) is 6.92 Å². The number of hydrogen-bond acceptors (Lipinski definition) is 5. The SMILES string of the molecule is C[C@@H]1C[C@H]1c1ccc(CN(C)C(=O)c2ccnc(-n3cncn3)c2)o1. The molecule has 0 aromatic carbocycles. The first-order chi connectivity index (χ1) is 12.1. The zero-order chi connectivity index (χ0) is 17.4. The molecule has 1 fully saturated rings. The molecule has 1 aliphatic carbocycles. The van der Waals surface area contributed by atoms with Crippen LogP contribution in [0.3, 0.4) is 0 Å². The topological polar surface area (TPSA) is 77.1 Å². The second-order valence-electron chi connectivity index (χ2n) is 6.53. The van der Waals surface area contributed by atoms with Crippen LogP contribution in [0.1, 0.15) is 41.1 Å². The summed E-state index contributed by atoms with van der Waals surface area (Å²) >= 11 is 0. The van der Waals surface area contributed by atoms with Crippen LogP contribution in [0, 0.1) is 5.92 Å². The van der Waals surface area contributed by atoms with E-state index >= 15 is 0 Å². The van der Waals surface area contributed by atoms with E-state index in [4.69, 9.17) is 4.42 Å². The zero-order valence-electron chi connectivity index (χ0n) is 14.2. The summed E-state index contributed by atoms with van der Waals surface area (Å²) in [5.74, 6) is 3.53. The van der Waals surface area contributed by atoms with E-state index in [1.165, 1.54) is 17.4 Å². The number of aromatic nitrogens is 4. The summed E-state index contributed by atoms with van der Waals surface area (Å²) in [6.45, 7) is 2.65. The summed E-state index contributed by atoms with van der Waals surface area (Å²) in [5, 5.41) is 4.03. The van der Waals surface area contributed by atoms with Crippen molar-refractivity contribution in [3.05, 3.63) is 60.2 Å². The lowest BCUT2D eigenvalue weighted by Crippen LogP contribution is -2.26. The fourth-order valence-corrected chi connectivity index (χ4v) is 2.93. The molecule has 2 atom stereocenters. The number of carbonyl (C=O) groups excluding carboxylic acids is 1. The molecule has 7 nitrogen and oxygen atoms in total. The van der Waals surface area contributed by atoms with Gasteiger partial charge in [0, 0.05) is 24.7 Å². The Balaban J connectivity index is 1.47. The maximum absolute atomic E-state index is 12.7. The van der Waals surface area contributed by atoms with Crippen molar-refractivity contribution in [3.8, 4) is 5.82 Å². The highest BCUT2D eigenvalue weighted by Gasteiger charge is 2.36. The number of nitrogens with zero attached hydrogens (tertiary/aromatic N) is 5. The average Bonchev–Trinajstić information content (AvgIpc) is 3.05. The molecular weight excluding hydrogens is 318 g/mol. The van der Waals surface area contributed by atoms with Crippen LogP contribution >= 0.6 is 0 Å². The second kappa shape index (κ2) is 6.16. The van der Waals surface area contributed by atoms with Crippen LogP contribution in [0.4, 0.5) is 0 Å². The van der Waals surface area contributed by atoms with Crippen LogP contribution < -0.4 is 0 Å². The minimum Gasteiger partial charge on any atom is -0.464 e. The molecule has 128 valence electrons. The standard InChI is InChI=1S/C18H19N5O2/c1-12-7-15(12)16-4-3-14(25-16)9-22(2)18(24)13-5-6-20-17(8-13)23-11-19-10-21-23/h3-6,8,10-12,15H,7,9H2,1-2H3/t12-,15-/m1/s1. The van der Waals surface area contributed by atoms with E-state index in [-0.39, 0.29) is 5.91 Å². The van der Waals surface area contributed by atoms with Crippen LogP contribution in [-0.4, -0.2) is 37.6 Å². The Hall–Kier alpha value is -2.96. The normalized spacial score (nSPS) is 19.0. The second-order valence-corrected chi connectivity index (χ2v) is 6.53. The molecule has 0 aliphatic heterocycles. The molecule has 0 radical (unpaired) electrons. The molecule has 25 heavy (non-hydrogen) atoms. The lowest BCUT2D eigenvalue weighted by Gasteiger charge is -2.16. The number of carbonyl (C=O) groups is 1. The third-order valence-corrected chi connectivity index (χ3v) is 4.54. The van der Waals surface area contributed by atoms with Gasteiger partial charge in [-0.25, -0.2) is 14.6 Å². The molecule has 0 saturated heterocycles. The van der Waals surface area contributed by atoms with E-state index in [1.807, 2.05) is 12.1 Å². The molecule has 7 heteroatoms. The van der Waals surface area contributed by atoms with Crippen molar-refractivity contribution >= 4 is 5.91 Å². The van der Waals surface area contributed by atoms with Crippen LogP contribution in [0.15, 0.2) is 47.5 Å². The summed E-state index contributed by atoms with van der Waals surface area (Å²) < 4.78 is 7.41. The van der Waals surface area contributed by atoms with Crippen LogP contribution in [0.25, 0.3) is 5.82 Å². The van der Waals surface area contributed by atoms with Gasteiger partial charge in [0.15, 0.2) is 5.82 Å². The number of pyridine rings is 1. The van der Waals surface area contributed by atoms with Gasteiger partial charge in [-0.3, -0.25) is 4.79 Å². The molecule has 1 amide bonds. The van der Waals surface area contributed by atoms with E-state index in [2.05, 4.69) is 22.0 Å². The molecular formula is C18H19N5O2.